The molecule has 0 amide bonds. The third kappa shape index (κ3) is 3.54. The normalized spacial score (nSPS) is 36.0. The van der Waals surface area contributed by atoms with Crippen molar-refractivity contribution in [1.82, 2.24) is 0 Å². The Morgan fingerprint density at radius 3 is 2.24 bits per heavy atom. The van der Waals surface area contributed by atoms with Crippen molar-refractivity contribution in [3.05, 3.63) is 11.6 Å². The minimum absolute atomic E-state index is 0.262. The zero-order valence-corrected chi connectivity index (χ0v) is 16.8. The van der Waals surface area contributed by atoms with Crippen LogP contribution in [0.4, 0.5) is 0 Å². The molecular weight excluding hydrogens is 272 g/mol. The molecule has 0 radical (unpaired) electrons. The Bertz CT molecular complexity index is 376. The highest BCUT2D eigenvalue weighted by molar-refractivity contribution is 7.99. The van der Waals surface area contributed by atoms with Crippen molar-refractivity contribution < 1.29 is 0 Å². The maximum Gasteiger partial charge on any atom is 0.00870 e. The van der Waals surface area contributed by atoms with Gasteiger partial charge in [-0.2, -0.15) is 11.8 Å². The minimum atomic E-state index is 0.262. The largest absolute Gasteiger partial charge is 0.162 e. The van der Waals surface area contributed by atoms with E-state index >= 15 is 0 Å². The third-order valence-corrected chi connectivity index (χ3v) is 7.79. The van der Waals surface area contributed by atoms with Gasteiger partial charge >= 0.3 is 0 Å². The Kier molecular flexibility index (Phi) is 6.09. The molecule has 0 heterocycles. The van der Waals surface area contributed by atoms with Gasteiger partial charge in [-0.15, -0.1) is 0 Å². The Hall–Kier alpha value is 0.0900. The monoisotopic (exact) mass is 310 g/mol. The van der Waals surface area contributed by atoms with Gasteiger partial charge < -0.3 is 0 Å². The molecule has 1 heteroatoms. The SMILES string of the molecule is CCC(C)C1=CC(C)(C(C)(C)C)C(C)(CC)CC(SC)C1. The van der Waals surface area contributed by atoms with Crippen molar-refractivity contribution in [1.29, 1.82) is 0 Å². The lowest BCUT2D eigenvalue weighted by Gasteiger charge is -2.53. The first kappa shape index (κ1) is 19.1. The Labute approximate surface area is 138 Å². The van der Waals surface area contributed by atoms with Crippen LogP contribution in [0.25, 0.3) is 0 Å². The maximum absolute atomic E-state index is 2.71. The van der Waals surface area contributed by atoms with E-state index < -0.39 is 0 Å². The highest BCUT2D eigenvalue weighted by Crippen LogP contribution is 2.59. The molecule has 21 heavy (non-hydrogen) atoms. The molecule has 0 aromatic heterocycles. The van der Waals surface area contributed by atoms with Crippen LogP contribution in [0.1, 0.15) is 81.1 Å². The van der Waals surface area contributed by atoms with E-state index in [2.05, 4.69) is 79.5 Å². The summed E-state index contributed by atoms with van der Waals surface area (Å²) in [6.45, 7) is 19.5. The summed E-state index contributed by atoms with van der Waals surface area (Å²) in [5.41, 5.74) is 2.65. The molecule has 1 rings (SSSR count). The molecular formula is C20H38S. The van der Waals surface area contributed by atoms with Crippen LogP contribution in [0.3, 0.4) is 0 Å². The van der Waals surface area contributed by atoms with Gasteiger partial charge in [0, 0.05) is 5.25 Å². The average molecular weight is 311 g/mol. The van der Waals surface area contributed by atoms with E-state index in [4.69, 9.17) is 0 Å². The first-order chi connectivity index (χ1) is 9.54. The van der Waals surface area contributed by atoms with Gasteiger partial charge in [-0.05, 0) is 54.1 Å². The summed E-state index contributed by atoms with van der Waals surface area (Å²) < 4.78 is 0. The second kappa shape index (κ2) is 6.69. The molecule has 1 aliphatic rings. The third-order valence-electron chi connectivity index (χ3n) is 6.79. The van der Waals surface area contributed by atoms with Crippen molar-refractivity contribution in [2.45, 2.75) is 86.3 Å². The van der Waals surface area contributed by atoms with Gasteiger partial charge in [-0.25, -0.2) is 0 Å². The second-order valence-electron chi connectivity index (χ2n) is 8.66. The first-order valence-electron chi connectivity index (χ1n) is 8.79. The number of allylic oxidation sites excluding steroid dienone is 2. The Balaban J connectivity index is 3.45. The van der Waals surface area contributed by atoms with Crippen LogP contribution in [0, 0.1) is 22.2 Å². The molecule has 0 aromatic carbocycles. The predicted octanol–water partition coefficient (Wildman–Crippen LogP) is 6.95. The molecule has 4 unspecified atom stereocenters. The molecule has 0 aliphatic heterocycles. The highest BCUT2D eigenvalue weighted by Gasteiger charge is 2.51. The van der Waals surface area contributed by atoms with Crippen molar-refractivity contribution in [3.8, 4) is 0 Å². The molecule has 0 saturated carbocycles. The van der Waals surface area contributed by atoms with Crippen LogP contribution >= 0.6 is 11.8 Å². The zero-order valence-electron chi connectivity index (χ0n) is 16.0. The van der Waals surface area contributed by atoms with Gasteiger partial charge in [0.25, 0.3) is 0 Å². The van der Waals surface area contributed by atoms with Crippen LogP contribution in [-0.4, -0.2) is 11.5 Å². The molecule has 0 bridgehead atoms. The second-order valence-corrected chi connectivity index (χ2v) is 9.80. The fourth-order valence-electron chi connectivity index (χ4n) is 4.06. The fourth-order valence-corrected chi connectivity index (χ4v) is 4.95. The number of rotatable bonds is 4. The number of thioether (sulfide) groups is 1. The van der Waals surface area contributed by atoms with E-state index in [-0.39, 0.29) is 5.41 Å². The predicted molar refractivity (Wildman–Crippen MR) is 100 cm³/mol. The molecule has 0 fully saturated rings. The summed E-state index contributed by atoms with van der Waals surface area (Å²) in [5, 5.41) is 0.777. The molecule has 0 aromatic rings. The van der Waals surface area contributed by atoms with Crippen molar-refractivity contribution >= 4 is 11.8 Å². The molecule has 0 nitrogen and oxygen atoms in total. The lowest BCUT2D eigenvalue weighted by molar-refractivity contribution is 0.000898. The number of hydrogen-bond acceptors (Lipinski definition) is 1. The van der Waals surface area contributed by atoms with Gasteiger partial charge in [-0.3, -0.25) is 0 Å². The average Bonchev–Trinajstić information content (AvgIpc) is 2.54. The molecule has 4 atom stereocenters. The van der Waals surface area contributed by atoms with E-state index in [1.165, 1.54) is 25.7 Å². The maximum atomic E-state index is 2.71. The lowest BCUT2D eigenvalue weighted by Crippen LogP contribution is -2.46. The quantitative estimate of drug-likeness (QED) is 0.506. The fraction of sp³-hybridized carbons (Fsp3) is 0.900. The van der Waals surface area contributed by atoms with Crippen LogP contribution in [0.15, 0.2) is 11.6 Å². The van der Waals surface area contributed by atoms with Gasteiger partial charge in [0.2, 0.25) is 0 Å². The van der Waals surface area contributed by atoms with Gasteiger partial charge in [0.05, 0.1) is 0 Å². The first-order valence-corrected chi connectivity index (χ1v) is 10.1. The van der Waals surface area contributed by atoms with Gasteiger partial charge in [-0.1, -0.05) is 67.0 Å². The van der Waals surface area contributed by atoms with E-state index in [0.717, 1.165) is 11.2 Å². The molecule has 0 N–H and O–H groups in total. The molecule has 124 valence electrons. The van der Waals surface area contributed by atoms with Crippen molar-refractivity contribution in [3.63, 3.8) is 0 Å². The van der Waals surface area contributed by atoms with Crippen LogP contribution in [-0.2, 0) is 0 Å². The van der Waals surface area contributed by atoms with Crippen LogP contribution in [0.2, 0.25) is 0 Å². The van der Waals surface area contributed by atoms with Gasteiger partial charge in [0.1, 0.15) is 0 Å². The highest BCUT2D eigenvalue weighted by atomic mass is 32.2. The summed E-state index contributed by atoms with van der Waals surface area (Å²) in [6, 6.07) is 0. The zero-order chi connectivity index (χ0) is 16.5. The summed E-state index contributed by atoms with van der Waals surface area (Å²) in [4.78, 5) is 0. The van der Waals surface area contributed by atoms with Crippen LogP contribution in [0.5, 0.6) is 0 Å². The Morgan fingerprint density at radius 2 is 1.86 bits per heavy atom. The topological polar surface area (TPSA) is 0 Å². The summed E-state index contributed by atoms with van der Waals surface area (Å²) in [6.07, 6.45) is 10.2. The van der Waals surface area contributed by atoms with E-state index in [9.17, 15) is 0 Å². The summed E-state index contributed by atoms with van der Waals surface area (Å²) in [5.74, 6) is 0.723. The van der Waals surface area contributed by atoms with E-state index in [1.54, 1.807) is 5.57 Å². The molecule has 0 saturated heterocycles. The van der Waals surface area contributed by atoms with E-state index in [1.807, 2.05) is 0 Å². The standard InChI is InChI=1S/C20H38S/c1-10-15(3)16-12-17(21-9)14-19(7,11-2)20(8,13-16)18(4,5)6/h13,15,17H,10-12,14H2,1-9H3. The van der Waals surface area contributed by atoms with Crippen LogP contribution < -0.4 is 0 Å². The Morgan fingerprint density at radius 1 is 1.29 bits per heavy atom. The van der Waals surface area contributed by atoms with E-state index in [0.29, 0.717) is 10.8 Å². The summed E-state index contributed by atoms with van der Waals surface area (Å²) >= 11 is 2.08. The van der Waals surface area contributed by atoms with Crippen molar-refractivity contribution in [2.75, 3.05) is 6.26 Å². The minimum Gasteiger partial charge on any atom is -0.162 e. The lowest BCUT2D eigenvalue weighted by atomic mass is 9.52. The number of hydrogen-bond donors (Lipinski definition) is 0. The molecule has 1 aliphatic carbocycles. The molecule has 0 spiro atoms. The van der Waals surface area contributed by atoms with Gasteiger partial charge in [0.15, 0.2) is 0 Å². The smallest absolute Gasteiger partial charge is 0.00870 e. The summed E-state index contributed by atoms with van der Waals surface area (Å²) in [7, 11) is 0. The van der Waals surface area contributed by atoms with Crippen molar-refractivity contribution in [2.24, 2.45) is 22.2 Å².